The molecule has 4 unspecified atom stereocenters. The minimum atomic E-state index is -2.69. The molecule has 0 aromatic heterocycles. The SMILES string of the molecule is CC(C)(C)[Si](OCC1C2CC(c3ccc(F)cc3)(CO2)C1C/C=C\CO)(c1ccccc1)c1ccccc1. The van der Waals surface area contributed by atoms with Gasteiger partial charge < -0.3 is 14.3 Å². The lowest BCUT2D eigenvalue weighted by Gasteiger charge is -2.45. The first kappa shape index (κ1) is 27.0. The molecule has 1 saturated carbocycles. The molecule has 38 heavy (non-hydrogen) atoms. The third kappa shape index (κ3) is 4.71. The van der Waals surface area contributed by atoms with Crippen LogP contribution in [0.1, 0.15) is 39.2 Å². The highest BCUT2D eigenvalue weighted by atomic mass is 28.4. The van der Waals surface area contributed by atoms with Gasteiger partial charge in [-0.15, -0.1) is 0 Å². The number of halogens is 1. The number of ether oxygens (including phenoxy) is 1. The zero-order valence-electron chi connectivity index (χ0n) is 22.6. The zero-order chi connectivity index (χ0) is 26.8. The van der Waals surface area contributed by atoms with Crippen molar-refractivity contribution in [2.75, 3.05) is 19.8 Å². The normalized spacial score (nSPS) is 25.3. The lowest BCUT2D eigenvalue weighted by molar-refractivity contribution is -0.0256. The molecule has 1 N–H and O–H groups in total. The van der Waals surface area contributed by atoms with Gasteiger partial charge in [0.15, 0.2) is 0 Å². The van der Waals surface area contributed by atoms with Crippen LogP contribution in [-0.4, -0.2) is 39.3 Å². The molecular formula is C33H39FO3Si. The van der Waals surface area contributed by atoms with E-state index in [0.717, 1.165) is 18.4 Å². The number of allylic oxidation sites excluding steroid dienone is 1. The minimum Gasteiger partial charge on any atom is -0.407 e. The van der Waals surface area contributed by atoms with Gasteiger partial charge in [-0.3, -0.25) is 0 Å². The number of rotatable bonds is 9. The van der Waals surface area contributed by atoms with Crippen molar-refractivity contribution in [2.24, 2.45) is 11.8 Å². The van der Waals surface area contributed by atoms with E-state index in [9.17, 15) is 9.50 Å². The molecule has 3 nitrogen and oxygen atoms in total. The molecule has 1 saturated heterocycles. The molecular weight excluding hydrogens is 491 g/mol. The summed E-state index contributed by atoms with van der Waals surface area (Å²) < 4.78 is 27.6. The van der Waals surface area contributed by atoms with Gasteiger partial charge in [-0.1, -0.05) is 106 Å². The van der Waals surface area contributed by atoms with Gasteiger partial charge in [-0.05, 0) is 51.9 Å². The van der Waals surface area contributed by atoms with Gasteiger partial charge >= 0.3 is 0 Å². The lowest BCUT2D eigenvalue weighted by Crippen LogP contribution is -2.67. The highest BCUT2D eigenvalue weighted by Crippen LogP contribution is 2.57. The van der Waals surface area contributed by atoms with Crippen molar-refractivity contribution >= 4 is 18.7 Å². The molecule has 5 heteroatoms. The number of aliphatic hydroxyl groups excluding tert-OH is 1. The van der Waals surface area contributed by atoms with Gasteiger partial charge in [-0.2, -0.15) is 0 Å². The van der Waals surface area contributed by atoms with Crippen LogP contribution in [0.4, 0.5) is 4.39 Å². The van der Waals surface area contributed by atoms with Gasteiger partial charge in [0.05, 0.1) is 19.3 Å². The first-order valence-electron chi connectivity index (χ1n) is 13.7. The van der Waals surface area contributed by atoms with Crippen molar-refractivity contribution in [3.8, 4) is 0 Å². The Balaban J connectivity index is 1.54. The molecule has 3 aromatic carbocycles. The number of hydrogen-bond acceptors (Lipinski definition) is 3. The Hall–Kier alpha value is -2.57. The molecule has 3 aromatic rings. The van der Waals surface area contributed by atoms with E-state index in [1.165, 1.54) is 10.4 Å². The van der Waals surface area contributed by atoms with Crippen LogP contribution in [0.3, 0.4) is 0 Å². The largest absolute Gasteiger partial charge is 0.407 e. The van der Waals surface area contributed by atoms with E-state index >= 15 is 0 Å². The molecule has 4 atom stereocenters. The van der Waals surface area contributed by atoms with Crippen LogP contribution in [0.5, 0.6) is 0 Å². The molecule has 0 spiro atoms. The molecule has 1 aliphatic carbocycles. The van der Waals surface area contributed by atoms with Crippen LogP contribution in [-0.2, 0) is 14.6 Å². The van der Waals surface area contributed by atoms with Crippen molar-refractivity contribution in [1.29, 1.82) is 0 Å². The first-order valence-corrected chi connectivity index (χ1v) is 15.6. The fourth-order valence-electron chi connectivity index (χ4n) is 7.06. The monoisotopic (exact) mass is 530 g/mol. The maximum atomic E-state index is 13.8. The molecule has 5 rings (SSSR count). The van der Waals surface area contributed by atoms with E-state index in [0.29, 0.717) is 13.2 Å². The number of hydrogen-bond donors (Lipinski definition) is 1. The van der Waals surface area contributed by atoms with E-state index in [4.69, 9.17) is 9.16 Å². The Bertz CT molecular complexity index is 1180. The van der Waals surface area contributed by atoms with Crippen molar-refractivity contribution in [1.82, 2.24) is 0 Å². The van der Waals surface area contributed by atoms with Crippen LogP contribution < -0.4 is 10.4 Å². The van der Waals surface area contributed by atoms with Crippen LogP contribution in [0, 0.1) is 17.7 Å². The molecule has 200 valence electrons. The maximum absolute atomic E-state index is 13.8. The molecule has 2 fully saturated rings. The second-order valence-corrected chi connectivity index (χ2v) is 16.2. The second-order valence-electron chi connectivity index (χ2n) is 11.9. The Labute approximate surface area is 227 Å². The zero-order valence-corrected chi connectivity index (χ0v) is 23.6. The highest BCUT2D eigenvalue weighted by Gasteiger charge is 2.60. The third-order valence-electron chi connectivity index (χ3n) is 8.81. The summed E-state index contributed by atoms with van der Waals surface area (Å²) in [7, 11) is -2.69. The molecule has 1 aliphatic heterocycles. The Morgan fingerprint density at radius 2 is 1.55 bits per heavy atom. The second kappa shape index (κ2) is 10.9. The fourth-order valence-corrected chi connectivity index (χ4v) is 11.7. The summed E-state index contributed by atoms with van der Waals surface area (Å²) in [6.07, 6.45) is 5.74. The molecule has 0 amide bonds. The van der Waals surface area contributed by atoms with Crippen molar-refractivity contribution in [2.45, 2.75) is 50.2 Å². The summed E-state index contributed by atoms with van der Waals surface area (Å²) in [6.45, 7) is 8.17. The maximum Gasteiger partial charge on any atom is 0.261 e. The average molecular weight is 531 g/mol. The summed E-state index contributed by atoms with van der Waals surface area (Å²) >= 11 is 0. The predicted molar refractivity (Wildman–Crippen MR) is 154 cm³/mol. The van der Waals surface area contributed by atoms with Crippen molar-refractivity contribution in [3.05, 3.63) is 108 Å². The van der Waals surface area contributed by atoms with Crippen molar-refractivity contribution in [3.63, 3.8) is 0 Å². The Morgan fingerprint density at radius 3 is 2.11 bits per heavy atom. The van der Waals surface area contributed by atoms with Crippen molar-refractivity contribution < 1.29 is 18.7 Å². The molecule has 2 bridgehead atoms. The third-order valence-corrected chi connectivity index (χ3v) is 13.8. The lowest BCUT2D eigenvalue weighted by atomic mass is 9.69. The van der Waals surface area contributed by atoms with Crippen LogP contribution >= 0.6 is 0 Å². The van der Waals surface area contributed by atoms with Gasteiger partial charge in [0.25, 0.3) is 8.32 Å². The topological polar surface area (TPSA) is 38.7 Å². The van der Waals surface area contributed by atoms with Crippen LogP contribution in [0.2, 0.25) is 5.04 Å². The average Bonchev–Trinajstić information content (AvgIpc) is 3.48. The smallest absolute Gasteiger partial charge is 0.261 e. The summed E-state index contributed by atoms with van der Waals surface area (Å²) in [6, 6.07) is 28.5. The summed E-state index contributed by atoms with van der Waals surface area (Å²) in [4.78, 5) is 0. The van der Waals surface area contributed by atoms with Gasteiger partial charge in [0.1, 0.15) is 5.82 Å². The van der Waals surface area contributed by atoms with Crippen LogP contribution in [0.25, 0.3) is 0 Å². The summed E-state index contributed by atoms with van der Waals surface area (Å²) in [5, 5.41) is 11.9. The first-order chi connectivity index (χ1) is 18.3. The van der Waals surface area contributed by atoms with E-state index in [1.54, 1.807) is 12.1 Å². The fraction of sp³-hybridized carbons (Fsp3) is 0.394. The molecule has 1 heterocycles. The standard InChI is InChI=1S/C33H39FO3Si/c1-32(2,3)38(27-12-6-4-7-13-27,28-14-8-5-9-15-28)37-23-29-30(16-10-11-21-35)33(22-31(29)36-24-33)25-17-19-26(34)20-18-25/h4-15,17-20,29-31,35H,16,21-24H2,1-3H3/b11-10-. The van der Waals surface area contributed by atoms with E-state index in [1.807, 2.05) is 18.2 Å². The summed E-state index contributed by atoms with van der Waals surface area (Å²) in [5.41, 5.74) is 0.953. The van der Waals surface area contributed by atoms with E-state index in [-0.39, 0.29) is 40.8 Å². The number of fused-ring (bicyclic) bond motifs is 2. The van der Waals surface area contributed by atoms with E-state index in [2.05, 4.69) is 87.5 Å². The van der Waals surface area contributed by atoms with Crippen LogP contribution in [0.15, 0.2) is 97.1 Å². The number of benzene rings is 3. The molecule has 2 aliphatic rings. The number of aliphatic hydroxyl groups is 1. The van der Waals surface area contributed by atoms with Gasteiger partial charge in [-0.25, -0.2) is 4.39 Å². The predicted octanol–water partition coefficient (Wildman–Crippen LogP) is 5.61. The summed E-state index contributed by atoms with van der Waals surface area (Å²) in [5.74, 6) is 0.244. The van der Waals surface area contributed by atoms with Gasteiger partial charge in [0.2, 0.25) is 0 Å². The minimum absolute atomic E-state index is 0.0272. The molecule has 0 radical (unpaired) electrons. The highest BCUT2D eigenvalue weighted by molar-refractivity contribution is 6.99. The Kier molecular flexibility index (Phi) is 7.74. The Morgan fingerprint density at radius 1 is 0.947 bits per heavy atom. The van der Waals surface area contributed by atoms with E-state index < -0.39 is 8.32 Å². The van der Waals surface area contributed by atoms with Gasteiger partial charge in [0, 0.05) is 17.9 Å². The quantitative estimate of drug-likeness (QED) is 0.289.